The number of aromatic nitrogens is 2. The van der Waals surface area contributed by atoms with Gasteiger partial charge in [0, 0.05) is 50.7 Å². The summed E-state index contributed by atoms with van der Waals surface area (Å²) in [6, 6.07) is 9.60. The van der Waals surface area contributed by atoms with Crippen molar-refractivity contribution in [2.24, 2.45) is 0 Å². The lowest BCUT2D eigenvalue weighted by atomic mass is 10.3. The number of ether oxygens (including phenoxy) is 1. The predicted molar refractivity (Wildman–Crippen MR) is 101 cm³/mol. The molecule has 1 aromatic heterocycles. The molecule has 3 N–H and O–H groups in total. The first-order chi connectivity index (χ1) is 12.3. The highest BCUT2D eigenvalue weighted by Gasteiger charge is 2.08. The molecule has 0 bridgehead atoms. The quantitative estimate of drug-likeness (QED) is 0.633. The number of nitrogens with zero attached hydrogens (tertiary/aromatic N) is 3. The van der Waals surface area contributed by atoms with Crippen LogP contribution in [-0.4, -0.2) is 61.2 Å². The Hall–Kier alpha value is -2.38. The third kappa shape index (κ3) is 5.58. The maximum Gasteiger partial charge on any atom is 0.229 e. The van der Waals surface area contributed by atoms with E-state index in [1.54, 1.807) is 13.3 Å². The summed E-state index contributed by atoms with van der Waals surface area (Å²) in [5.41, 5.74) is 0.898. The van der Waals surface area contributed by atoms with E-state index >= 15 is 0 Å². The summed E-state index contributed by atoms with van der Waals surface area (Å²) < 4.78 is 5.23. The molecular formula is C18H26N6O. The molecule has 1 aliphatic rings. The van der Waals surface area contributed by atoms with E-state index in [9.17, 15) is 0 Å². The molecule has 1 aromatic carbocycles. The Balaban J connectivity index is 1.47. The summed E-state index contributed by atoms with van der Waals surface area (Å²) in [5.74, 6) is 2.20. The zero-order valence-electron chi connectivity index (χ0n) is 14.7. The largest absolute Gasteiger partial charge is 0.497 e. The average molecular weight is 342 g/mol. The second-order valence-corrected chi connectivity index (χ2v) is 5.99. The lowest BCUT2D eigenvalue weighted by molar-refractivity contribution is 0.240. The molecule has 0 atom stereocenters. The Morgan fingerprint density at radius 1 is 1.24 bits per heavy atom. The van der Waals surface area contributed by atoms with Gasteiger partial charge in [0.2, 0.25) is 5.95 Å². The molecule has 2 heterocycles. The van der Waals surface area contributed by atoms with Gasteiger partial charge >= 0.3 is 0 Å². The van der Waals surface area contributed by atoms with Crippen molar-refractivity contribution in [3.8, 4) is 5.75 Å². The first-order valence-electron chi connectivity index (χ1n) is 8.74. The van der Waals surface area contributed by atoms with Gasteiger partial charge in [0.1, 0.15) is 11.6 Å². The van der Waals surface area contributed by atoms with Crippen LogP contribution in [0.2, 0.25) is 0 Å². The van der Waals surface area contributed by atoms with Crippen LogP contribution in [0.25, 0.3) is 0 Å². The van der Waals surface area contributed by atoms with Crippen molar-refractivity contribution in [2.75, 3.05) is 57.0 Å². The highest BCUT2D eigenvalue weighted by atomic mass is 16.5. The van der Waals surface area contributed by atoms with Crippen LogP contribution >= 0.6 is 0 Å². The molecule has 3 rings (SSSR count). The van der Waals surface area contributed by atoms with E-state index in [0.29, 0.717) is 5.95 Å². The molecule has 1 saturated heterocycles. The maximum atomic E-state index is 5.23. The van der Waals surface area contributed by atoms with E-state index in [4.69, 9.17) is 4.74 Å². The average Bonchev–Trinajstić information content (AvgIpc) is 2.67. The number of benzene rings is 1. The topological polar surface area (TPSA) is 74.3 Å². The maximum absolute atomic E-state index is 5.23. The first kappa shape index (κ1) is 17.4. The van der Waals surface area contributed by atoms with Gasteiger partial charge in [0.05, 0.1) is 7.11 Å². The van der Waals surface area contributed by atoms with Crippen molar-refractivity contribution in [2.45, 2.75) is 6.42 Å². The van der Waals surface area contributed by atoms with E-state index in [2.05, 4.69) is 30.8 Å². The molecule has 0 amide bonds. The number of anilines is 3. The zero-order valence-corrected chi connectivity index (χ0v) is 14.7. The van der Waals surface area contributed by atoms with Gasteiger partial charge in [-0.2, -0.15) is 4.98 Å². The molecular weight excluding hydrogens is 316 g/mol. The standard InChI is InChI=1S/C18H26N6O/c1-25-16-5-2-4-15(14-16)22-18-21-8-6-17(23-18)20-7-3-11-24-12-9-19-10-13-24/h2,4-6,8,14,19H,3,7,9-13H2,1H3,(H2,20,21,22,23). The van der Waals surface area contributed by atoms with E-state index in [1.807, 2.05) is 30.3 Å². The Morgan fingerprint density at radius 3 is 2.96 bits per heavy atom. The molecule has 0 spiro atoms. The third-order valence-electron chi connectivity index (χ3n) is 4.15. The summed E-state index contributed by atoms with van der Waals surface area (Å²) >= 11 is 0. The second-order valence-electron chi connectivity index (χ2n) is 5.99. The molecule has 0 unspecified atom stereocenters. The SMILES string of the molecule is COc1cccc(Nc2nccc(NCCCN3CCNCC3)n2)c1. The minimum Gasteiger partial charge on any atom is -0.497 e. The number of methoxy groups -OCH3 is 1. The van der Waals surface area contributed by atoms with E-state index < -0.39 is 0 Å². The van der Waals surface area contributed by atoms with Crippen molar-refractivity contribution in [1.29, 1.82) is 0 Å². The number of piperazine rings is 1. The monoisotopic (exact) mass is 342 g/mol. The predicted octanol–water partition coefficient (Wildman–Crippen LogP) is 1.94. The van der Waals surface area contributed by atoms with Crippen LogP contribution in [0.15, 0.2) is 36.5 Å². The minimum atomic E-state index is 0.570. The van der Waals surface area contributed by atoms with E-state index in [1.165, 1.54) is 0 Å². The molecule has 1 fully saturated rings. The van der Waals surface area contributed by atoms with Gasteiger partial charge in [-0.05, 0) is 31.2 Å². The normalized spacial score (nSPS) is 14.9. The molecule has 25 heavy (non-hydrogen) atoms. The molecule has 0 saturated carbocycles. The Bertz CT molecular complexity index is 660. The van der Waals surface area contributed by atoms with Gasteiger partial charge in [0.15, 0.2) is 0 Å². The van der Waals surface area contributed by atoms with Crippen molar-refractivity contribution in [1.82, 2.24) is 20.2 Å². The number of nitrogens with one attached hydrogen (secondary N) is 3. The van der Waals surface area contributed by atoms with Crippen LogP contribution in [0.3, 0.4) is 0 Å². The molecule has 134 valence electrons. The molecule has 7 heteroatoms. The fourth-order valence-electron chi connectivity index (χ4n) is 2.80. The summed E-state index contributed by atoms with van der Waals surface area (Å²) in [6.07, 6.45) is 2.86. The Labute approximate surface area is 148 Å². The van der Waals surface area contributed by atoms with Gasteiger partial charge in [-0.25, -0.2) is 4.98 Å². The number of hydrogen-bond donors (Lipinski definition) is 3. The summed E-state index contributed by atoms with van der Waals surface area (Å²) in [7, 11) is 1.65. The molecule has 7 nitrogen and oxygen atoms in total. The third-order valence-corrected chi connectivity index (χ3v) is 4.15. The van der Waals surface area contributed by atoms with Crippen LogP contribution in [0, 0.1) is 0 Å². The van der Waals surface area contributed by atoms with Crippen molar-refractivity contribution < 1.29 is 4.74 Å². The van der Waals surface area contributed by atoms with Crippen LogP contribution in [0.5, 0.6) is 5.75 Å². The van der Waals surface area contributed by atoms with Crippen LogP contribution in [0.1, 0.15) is 6.42 Å². The van der Waals surface area contributed by atoms with Gasteiger partial charge in [-0.15, -0.1) is 0 Å². The molecule has 1 aliphatic heterocycles. The van der Waals surface area contributed by atoms with Gasteiger partial charge < -0.3 is 25.6 Å². The summed E-state index contributed by atoms with van der Waals surface area (Å²) in [4.78, 5) is 11.3. The van der Waals surface area contributed by atoms with Gasteiger partial charge in [-0.1, -0.05) is 6.07 Å². The Kier molecular flexibility index (Phi) is 6.42. The lowest BCUT2D eigenvalue weighted by Gasteiger charge is -2.27. The molecule has 0 aliphatic carbocycles. The van der Waals surface area contributed by atoms with Crippen molar-refractivity contribution in [3.05, 3.63) is 36.5 Å². The highest BCUT2D eigenvalue weighted by molar-refractivity contribution is 5.56. The zero-order chi connectivity index (χ0) is 17.3. The van der Waals surface area contributed by atoms with Crippen LogP contribution in [-0.2, 0) is 0 Å². The smallest absolute Gasteiger partial charge is 0.229 e. The number of rotatable bonds is 8. The fourth-order valence-corrected chi connectivity index (χ4v) is 2.80. The lowest BCUT2D eigenvalue weighted by Crippen LogP contribution is -2.44. The van der Waals surface area contributed by atoms with Crippen LogP contribution in [0.4, 0.5) is 17.5 Å². The summed E-state index contributed by atoms with van der Waals surface area (Å²) in [5, 5.41) is 9.95. The van der Waals surface area contributed by atoms with Crippen molar-refractivity contribution in [3.63, 3.8) is 0 Å². The second kappa shape index (κ2) is 9.19. The number of hydrogen-bond acceptors (Lipinski definition) is 7. The summed E-state index contributed by atoms with van der Waals surface area (Å²) in [6.45, 7) is 6.50. The first-order valence-corrected chi connectivity index (χ1v) is 8.74. The fraction of sp³-hybridized carbons (Fsp3) is 0.444. The van der Waals surface area contributed by atoms with Gasteiger partial charge in [0.25, 0.3) is 0 Å². The molecule has 0 radical (unpaired) electrons. The minimum absolute atomic E-state index is 0.570. The van der Waals surface area contributed by atoms with Gasteiger partial charge in [-0.3, -0.25) is 0 Å². The Morgan fingerprint density at radius 2 is 2.12 bits per heavy atom. The highest BCUT2D eigenvalue weighted by Crippen LogP contribution is 2.19. The van der Waals surface area contributed by atoms with Crippen LogP contribution < -0.4 is 20.7 Å². The van der Waals surface area contributed by atoms with E-state index in [0.717, 1.165) is 62.9 Å². The molecule has 2 aromatic rings. The van der Waals surface area contributed by atoms with Crippen molar-refractivity contribution >= 4 is 17.5 Å². The van der Waals surface area contributed by atoms with E-state index in [-0.39, 0.29) is 0 Å².